The van der Waals surface area contributed by atoms with Crippen LogP contribution in [0.25, 0.3) is 0 Å². The second-order valence-electron chi connectivity index (χ2n) is 4.81. The van der Waals surface area contributed by atoms with Gasteiger partial charge in [0.15, 0.2) is 0 Å². The molecule has 2 atom stereocenters. The first-order valence-electron chi connectivity index (χ1n) is 6.79. The highest BCUT2D eigenvalue weighted by Crippen LogP contribution is 2.22. The number of nitrogens with two attached hydrogens (primary N) is 1. The van der Waals surface area contributed by atoms with Crippen molar-refractivity contribution >= 4 is 11.6 Å². The quantitative estimate of drug-likeness (QED) is 0.830. The summed E-state index contributed by atoms with van der Waals surface area (Å²) in [6.07, 6.45) is 0.886. The molecule has 0 saturated heterocycles. The van der Waals surface area contributed by atoms with Gasteiger partial charge in [-0.25, -0.2) is 0 Å². The molecule has 0 aliphatic heterocycles. The molecule has 0 aliphatic carbocycles. The van der Waals surface area contributed by atoms with Crippen LogP contribution >= 0.6 is 0 Å². The lowest BCUT2D eigenvalue weighted by Gasteiger charge is -2.18. The molecule has 4 nitrogen and oxygen atoms in total. The van der Waals surface area contributed by atoms with Crippen LogP contribution in [0.15, 0.2) is 18.2 Å². The highest BCUT2D eigenvalue weighted by Gasteiger charge is 2.19. The van der Waals surface area contributed by atoms with Crippen molar-refractivity contribution in [2.45, 2.75) is 40.2 Å². The fourth-order valence-electron chi connectivity index (χ4n) is 1.76. The predicted molar refractivity (Wildman–Crippen MR) is 78.4 cm³/mol. The Morgan fingerprint density at radius 1 is 1.42 bits per heavy atom. The summed E-state index contributed by atoms with van der Waals surface area (Å²) in [5.74, 6) is 0.842. The maximum absolute atomic E-state index is 12.0. The summed E-state index contributed by atoms with van der Waals surface area (Å²) in [6.45, 7) is 8.52. The average molecular weight is 264 g/mol. The van der Waals surface area contributed by atoms with Gasteiger partial charge in [-0.15, -0.1) is 0 Å². The third kappa shape index (κ3) is 4.24. The Bertz CT molecular complexity index is 432. The Morgan fingerprint density at radius 2 is 2.11 bits per heavy atom. The standard InChI is InChI=1S/C15H24N2O2/c1-5-10(3)14(16)15(18)17-13-8-7-12(19-6-2)9-11(13)4/h7-10,14H,5-6,16H2,1-4H3,(H,17,18)/t10?,14-/m0/s1. The van der Waals surface area contributed by atoms with Crippen LogP contribution < -0.4 is 15.8 Å². The normalized spacial score (nSPS) is 13.7. The van der Waals surface area contributed by atoms with Crippen LogP contribution in [0.2, 0.25) is 0 Å². The summed E-state index contributed by atoms with van der Waals surface area (Å²) in [7, 11) is 0. The summed E-state index contributed by atoms with van der Waals surface area (Å²) in [5.41, 5.74) is 7.66. The van der Waals surface area contributed by atoms with Gasteiger partial charge in [0.05, 0.1) is 12.6 Å². The van der Waals surface area contributed by atoms with Crippen molar-refractivity contribution in [2.24, 2.45) is 11.7 Å². The van der Waals surface area contributed by atoms with Crippen LogP contribution in [0.3, 0.4) is 0 Å². The van der Waals surface area contributed by atoms with Crippen molar-refractivity contribution in [3.8, 4) is 5.75 Å². The Kier molecular flexibility index (Phi) is 5.83. The topological polar surface area (TPSA) is 64.3 Å². The summed E-state index contributed by atoms with van der Waals surface area (Å²) in [6, 6.07) is 5.13. The van der Waals surface area contributed by atoms with Gasteiger partial charge in [0.1, 0.15) is 5.75 Å². The maximum atomic E-state index is 12.0. The van der Waals surface area contributed by atoms with Crippen LogP contribution in [-0.4, -0.2) is 18.6 Å². The Morgan fingerprint density at radius 3 is 2.63 bits per heavy atom. The molecule has 1 aromatic carbocycles. The van der Waals surface area contributed by atoms with Gasteiger partial charge in [-0.1, -0.05) is 20.3 Å². The van der Waals surface area contributed by atoms with Crippen LogP contribution in [0, 0.1) is 12.8 Å². The number of carbonyl (C=O) groups is 1. The van der Waals surface area contributed by atoms with Crippen molar-refractivity contribution in [3.05, 3.63) is 23.8 Å². The molecule has 0 saturated carbocycles. The molecule has 19 heavy (non-hydrogen) atoms. The molecule has 3 N–H and O–H groups in total. The van der Waals surface area contributed by atoms with Crippen LogP contribution in [0.5, 0.6) is 5.75 Å². The fraction of sp³-hybridized carbons (Fsp3) is 0.533. The van der Waals surface area contributed by atoms with Crippen molar-refractivity contribution in [2.75, 3.05) is 11.9 Å². The highest BCUT2D eigenvalue weighted by molar-refractivity contribution is 5.95. The van der Waals surface area contributed by atoms with E-state index in [0.29, 0.717) is 6.61 Å². The highest BCUT2D eigenvalue weighted by atomic mass is 16.5. The minimum atomic E-state index is -0.476. The molecule has 106 valence electrons. The third-order valence-corrected chi connectivity index (χ3v) is 3.33. The summed E-state index contributed by atoms with van der Waals surface area (Å²) < 4.78 is 5.41. The van der Waals surface area contributed by atoms with E-state index in [-0.39, 0.29) is 11.8 Å². The number of hydrogen-bond donors (Lipinski definition) is 2. The molecular weight excluding hydrogens is 240 g/mol. The molecule has 0 fully saturated rings. The van der Waals surface area contributed by atoms with Crippen molar-refractivity contribution in [3.63, 3.8) is 0 Å². The number of hydrogen-bond acceptors (Lipinski definition) is 3. The first-order chi connectivity index (χ1) is 8.99. The van der Waals surface area contributed by atoms with Gasteiger partial charge < -0.3 is 15.8 Å². The molecule has 1 amide bonds. The summed E-state index contributed by atoms with van der Waals surface area (Å²) >= 11 is 0. The van der Waals surface area contributed by atoms with Gasteiger partial charge in [0, 0.05) is 5.69 Å². The van der Waals surface area contributed by atoms with E-state index < -0.39 is 6.04 Å². The SMILES string of the molecule is CCOc1ccc(NC(=O)[C@@H](N)C(C)CC)c(C)c1. The van der Waals surface area contributed by atoms with E-state index >= 15 is 0 Å². The van der Waals surface area contributed by atoms with Crippen molar-refractivity contribution in [1.82, 2.24) is 0 Å². The zero-order valence-corrected chi connectivity index (χ0v) is 12.2. The summed E-state index contributed by atoms with van der Waals surface area (Å²) in [4.78, 5) is 12.0. The molecule has 0 aromatic heterocycles. The summed E-state index contributed by atoms with van der Waals surface area (Å²) in [5, 5.41) is 2.88. The lowest BCUT2D eigenvalue weighted by atomic mass is 9.99. The fourth-order valence-corrected chi connectivity index (χ4v) is 1.76. The number of ether oxygens (including phenoxy) is 1. The Hall–Kier alpha value is -1.55. The zero-order valence-electron chi connectivity index (χ0n) is 12.2. The first-order valence-corrected chi connectivity index (χ1v) is 6.79. The van der Waals surface area contributed by atoms with E-state index in [4.69, 9.17) is 10.5 Å². The number of carbonyl (C=O) groups excluding carboxylic acids is 1. The van der Waals surface area contributed by atoms with Crippen LogP contribution in [0.1, 0.15) is 32.8 Å². The number of amides is 1. The molecule has 4 heteroatoms. The monoisotopic (exact) mass is 264 g/mol. The molecule has 0 heterocycles. The van der Waals surface area contributed by atoms with Gasteiger partial charge in [-0.2, -0.15) is 0 Å². The molecule has 1 aromatic rings. The van der Waals surface area contributed by atoms with E-state index in [0.717, 1.165) is 23.4 Å². The molecule has 1 rings (SSSR count). The number of nitrogens with one attached hydrogen (secondary N) is 1. The van der Waals surface area contributed by atoms with Crippen LogP contribution in [0.4, 0.5) is 5.69 Å². The second-order valence-corrected chi connectivity index (χ2v) is 4.81. The zero-order chi connectivity index (χ0) is 14.4. The number of rotatable bonds is 6. The second kappa shape index (κ2) is 7.14. The molecule has 0 bridgehead atoms. The number of anilines is 1. The number of benzene rings is 1. The Balaban J connectivity index is 2.74. The predicted octanol–water partition coefficient (Wildman–Crippen LogP) is 2.71. The van der Waals surface area contributed by atoms with Crippen molar-refractivity contribution in [1.29, 1.82) is 0 Å². The minimum absolute atomic E-state index is 0.137. The van der Waals surface area contributed by atoms with Crippen molar-refractivity contribution < 1.29 is 9.53 Å². The van der Waals surface area contributed by atoms with Gasteiger partial charge in [0.25, 0.3) is 0 Å². The minimum Gasteiger partial charge on any atom is -0.494 e. The van der Waals surface area contributed by atoms with E-state index in [1.807, 2.05) is 45.9 Å². The van der Waals surface area contributed by atoms with E-state index in [9.17, 15) is 4.79 Å². The van der Waals surface area contributed by atoms with Gasteiger partial charge >= 0.3 is 0 Å². The lowest BCUT2D eigenvalue weighted by Crippen LogP contribution is -2.40. The first kappa shape index (κ1) is 15.5. The largest absolute Gasteiger partial charge is 0.494 e. The number of aryl methyl sites for hydroxylation is 1. The average Bonchev–Trinajstić information content (AvgIpc) is 2.40. The van der Waals surface area contributed by atoms with E-state index in [1.165, 1.54) is 0 Å². The van der Waals surface area contributed by atoms with Crippen LogP contribution in [-0.2, 0) is 4.79 Å². The van der Waals surface area contributed by atoms with Gasteiger partial charge in [0.2, 0.25) is 5.91 Å². The Labute approximate surface area is 115 Å². The smallest absolute Gasteiger partial charge is 0.241 e. The third-order valence-electron chi connectivity index (χ3n) is 3.33. The molecule has 0 radical (unpaired) electrons. The molecule has 0 spiro atoms. The molecule has 0 aliphatic rings. The van der Waals surface area contributed by atoms with Gasteiger partial charge in [-0.05, 0) is 43.5 Å². The molecular formula is C15H24N2O2. The van der Waals surface area contributed by atoms with Gasteiger partial charge in [-0.3, -0.25) is 4.79 Å². The van der Waals surface area contributed by atoms with E-state index in [1.54, 1.807) is 0 Å². The molecule has 1 unspecified atom stereocenters. The lowest BCUT2D eigenvalue weighted by molar-refractivity contribution is -0.118. The van der Waals surface area contributed by atoms with E-state index in [2.05, 4.69) is 5.32 Å². The maximum Gasteiger partial charge on any atom is 0.241 e.